The lowest BCUT2D eigenvalue weighted by Crippen LogP contribution is -2.31. The Morgan fingerprint density at radius 1 is 1.00 bits per heavy atom. The summed E-state index contributed by atoms with van der Waals surface area (Å²) in [6.07, 6.45) is 1.70. The van der Waals surface area contributed by atoms with E-state index in [1.807, 2.05) is 55.5 Å². The van der Waals surface area contributed by atoms with Crippen LogP contribution in [-0.2, 0) is 11.2 Å². The van der Waals surface area contributed by atoms with Crippen LogP contribution in [0, 0.1) is 0 Å². The van der Waals surface area contributed by atoms with E-state index in [0.29, 0.717) is 29.2 Å². The third-order valence-corrected chi connectivity index (χ3v) is 6.37. The van der Waals surface area contributed by atoms with E-state index in [2.05, 4.69) is 6.92 Å². The molecule has 2 heterocycles. The van der Waals surface area contributed by atoms with E-state index in [-0.39, 0.29) is 11.3 Å². The van der Waals surface area contributed by atoms with Crippen LogP contribution in [0.2, 0.25) is 0 Å². The van der Waals surface area contributed by atoms with Crippen molar-refractivity contribution >= 4 is 28.3 Å². The average molecular weight is 482 g/mol. The van der Waals surface area contributed by atoms with Crippen molar-refractivity contribution < 1.29 is 23.8 Å². The Kier molecular flexibility index (Phi) is 6.34. The highest BCUT2D eigenvalue weighted by Gasteiger charge is 2.45. The molecule has 182 valence electrons. The molecule has 5 rings (SSSR count). The molecular formula is C30H27NO5. The van der Waals surface area contributed by atoms with Gasteiger partial charge in [-0.3, -0.25) is 14.5 Å². The molecule has 3 aromatic carbocycles. The maximum Gasteiger partial charge on any atom is 0.294 e. The first kappa shape index (κ1) is 23.4. The van der Waals surface area contributed by atoms with Gasteiger partial charge in [0.1, 0.15) is 11.3 Å². The molecule has 1 aromatic heterocycles. The highest BCUT2D eigenvalue weighted by molar-refractivity contribution is 6.20. The van der Waals surface area contributed by atoms with Gasteiger partial charge in [-0.15, -0.1) is 0 Å². The van der Waals surface area contributed by atoms with Crippen LogP contribution in [0.15, 0.2) is 94.6 Å². The number of aryl methyl sites for hydroxylation is 1. The summed E-state index contributed by atoms with van der Waals surface area (Å²) in [5, 5.41) is 11.8. The van der Waals surface area contributed by atoms with Gasteiger partial charge in [-0.2, -0.15) is 0 Å². The SMILES string of the molecule is CCCOc1cccc(N2C(=O)C(O)=C(C(=O)c3cc4ccccc4o3)C2c2ccc(CC)cc2)c1. The van der Waals surface area contributed by atoms with E-state index in [1.54, 1.807) is 30.3 Å². The summed E-state index contributed by atoms with van der Waals surface area (Å²) in [4.78, 5) is 28.6. The number of hydrogen-bond acceptors (Lipinski definition) is 5. The number of furan rings is 1. The normalized spacial score (nSPS) is 15.7. The minimum atomic E-state index is -0.828. The number of aliphatic hydroxyl groups is 1. The number of amides is 1. The molecule has 6 nitrogen and oxygen atoms in total. The van der Waals surface area contributed by atoms with Crippen molar-refractivity contribution in [3.05, 3.63) is 107 Å². The van der Waals surface area contributed by atoms with Crippen LogP contribution in [0.25, 0.3) is 11.0 Å². The summed E-state index contributed by atoms with van der Waals surface area (Å²) in [6, 6.07) is 23.0. The standard InChI is InChI=1S/C30H27NO5/c1-3-16-35-23-10-7-9-22(18-23)31-27(20-14-12-19(4-2)13-15-20)26(29(33)30(31)34)28(32)25-17-21-8-5-6-11-24(21)36-25/h5-15,17-18,27,33H,3-4,16H2,1-2H3. The van der Waals surface area contributed by atoms with Gasteiger partial charge < -0.3 is 14.3 Å². The fourth-order valence-electron chi connectivity index (χ4n) is 4.52. The van der Waals surface area contributed by atoms with Crippen molar-refractivity contribution in [2.45, 2.75) is 32.7 Å². The first-order valence-corrected chi connectivity index (χ1v) is 12.1. The number of carbonyl (C=O) groups excluding carboxylic acids is 2. The number of rotatable bonds is 8. The Bertz CT molecular complexity index is 1430. The Morgan fingerprint density at radius 3 is 2.50 bits per heavy atom. The monoisotopic (exact) mass is 481 g/mol. The van der Waals surface area contributed by atoms with Gasteiger partial charge in [0.05, 0.1) is 18.2 Å². The first-order chi connectivity index (χ1) is 17.5. The number of anilines is 1. The minimum Gasteiger partial charge on any atom is -0.503 e. The number of ether oxygens (including phenoxy) is 1. The largest absolute Gasteiger partial charge is 0.503 e. The smallest absolute Gasteiger partial charge is 0.294 e. The summed E-state index contributed by atoms with van der Waals surface area (Å²) in [7, 11) is 0. The van der Waals surface area contributed by atoms with Crippen molar-refractivity contribution in [2.75, 3.05) is 11.5 Å². The van der Waals surface area contributed by atoms with E-state index >= 15 is 0 Å². The topological polar surface area (TPSA) is 80.0 Å². The molecule has 1 unspecified atom stereocenters. The molecule has 36 heavy (non-hydrogen) atoms. The lowest BCUT2D eigenvalue weighted by molar-refractivity contribution is -0.117. The van der Waals surface area contributed by atoms with E-state index < -0.39 is 23.5 Å². The molecule has 1 atom stereocenters. The average Bonchev–Trinajstić information content (AvgIpc) is 3.46. The second kappa shape index (κ2) is 9.74. The molecular weight excluding hydrogens is 454 g/mol. The molecule has 0 saturated carbocycles. The van der Waals surface area contributed by atoms with Gasteiger partial charge >= 0.3 is 0 Å². The zero-order valence-electron chi connectivity index (χ0n) is 20.2. The second-order valence-electron chi connectivity index (χ2n) is 8.76. The lowest BCUT2D eigenvalue weighted by Gasteiger charge is -2.27. The van der Waals surface area contributed by atoms with Gasteiger partial charge in [-0.1, -0.05) is 62.4 Å². The summed E-state index contributed by atoms with van der Waals surface area (Å²) in [5.74, 6) is -1.07. The van der Waals surface area contributed by atoms with Crippen molar-refractivity contribution in [1.29, 1.82) is 0 Å². The Labute approximate surface area is 209 Å². The Balaban J connectivity index is 1.62. The number of aliphatic hydroxyl groups excluding tert-OH is 1. The van der Waals surface area contributed by atoms with Gasteiger partial charge in [-0.05, 0) is 48.2 Å². The van der Waals surface area contributed by atoms with Crippen LogP contribution in [0.1, 0.15) is 48.0 Å². The van der Waals surface area contributed by atoms with E-state index in [1.165, 1.54) is 4.90 Å². The molecule has 0 fully saturated rings. The van der Waals surface area contributed by atoms with Crippen molar-refractivity contribution in [3.63, 3.8) is 0 Å². The molecule has 6 heteroatoms. The quantitative estimate of drug-likeness (QED) is 0.288. The number of Topliss-reactive ketones (excluding diaryl/α,β-unsaturated/α-hetero) is 1. The predicted molar refractivity (Wildman–Crippen MR) is 138 cm³/mol. The van der Waals surface area contributed by atoms with Gasteiger partial charge in [-0.25, -0.2) is 0 Å². The Morgan fingerprint density at radius 2 is 1.78 bits per heavy atom. The number of ketones is 1. The van der Waals surface area contributed by atoms with Crippen LogP contribution in [0.3, 0.4) is 0 Å². The predicted octanol–water partition coefficient (Wildman–Crippen LogP) is 6.57. The van der Waals surface area contributed by atoms with Gasteiger partial charge in [0.2, 0.25) is 5.78 Å². The van der Waals surface area contributed by atoms with Crippen LogP contribution < -0.4 is 9.64 Å². The Hall–Kier alpha value is -4.32. The van der Waals surface area contributed by atoms with Crippen LogP contribution in [-0.4, -0.2) is 23.4 Å². The van der Waals surface area contributed by atoms with Crippen molar-refractivity contribution in [2.24, 2.45) is 0 Å². The molecule has 1 aliphatic heterocycles. The van der Waals surface area contributed by atoms with Crippen LogP contribution in [0.5, 0.6) is 5.75 Å². The fourth-order valence-corrected chi connectivity index (χ4v) is 4.52. The van der Waals surface area contributed by atoms with Gasteiger partial charge in [0.25, 0.3) is 5.91 Å². The highest BCUT2D eigenvalue weighted by atomic mass is 16.5. The third kappa shape index (κ3) is 4.15. The molecule has 0 radical (unpaired) electrons. The molecule has 1 aliphatic rings. The molecule has 4 aromatic rings. The fraction of sp³-hybridized carbons (Fsp3) is 0.200. The number of para-hydroxylation sites is 1. The van der Waals surface area contributed by atoms with E-state index in [0.717, 1.165) is 23.8 Å². The number of benzene rings is 3. The first-order valence-electron chi connectivity index (χ1n) is 12.1. The van der Waals surface area contributed by atoms with Crippen LogP contribution in [0.4, 0.5) is 5.69 Å². The molecule has 0 spiro atoms. The number of carbonyl (C=O) groups is 2. The maximum atomic E-state index is 13.7. The third-order valence-electron chi connectivity index (χ3n) is 6.37. The summed E-state index contributed by atoms with van der Waals surface area (Å²) in [5.41, 5.74) is 2.92. The summed E-state index contributed by atoms with van der Waals surface area (Å²) < 4.78 is 11.6. The number of fused-ring (bicyclic) bond motifs is 1. The molecule has 1 N–H and O–H groups in total. The van der Waals surface area contributed by atoms with Crippen molar-refractivity contribution in [1.82, 2.24) is 0 Å². The molecule has 0 bridgehead atoms. The van der Waals surface area contributed by atoms with Gasteiger partial charge in [0, 0.05) is 17.1 Å². The minimum absolute atomic E-state index is 0.0109. The van der Waals surface area contributed by atoms with Gasteiger partial charge in [0.15, 0.2) is 11.5 Å². The second-order valence-corrected chi connectivity index (χ2v) is 8.76. The molecule has 1 amide bonds. The van der Waals surface area contributed by atoms with Crippen LogP contribution >= 0.6 is 0 Å². The molecule has 0 saturated heterocycles. The van der Waals surface area contributed by atoms with E-state index in [9.17, 15) is 14.7 Å². The number of nitrogens with zero attached hydrogens (tertiary/aromatic N) is 1. The summed E-state index contributed by atoms with van der Waals surface area (Å²) >= 11 is 0. The number of hydrogen-bond donors (Lipinski definition) is 1. The zero-order valence-corrected chi connectivity index (χ0v) is 20.2. The lowest BCUT2D eigenvalue weighted by atomic mass is 9.94. The molecule has 0 aliphatic carbocycles. The van der Waals surface area contributed by atoms with E-state index in [4.69, 9.17) is 9.15 Å². The summed E-state index contributed by atoms with van der Waals surface area (Å²) in [6.45, 7) is 4.62. The van der Waals surface area contributed by atoms with Crippen molar-refractivity contribution in [3.8, 4) is 5.75 Å². The zero-order chi connectivity index (χ0) is 25.2. The highest BCUT2D eigenvalue weighted by Crippen LogP contribution is 2.43. The maximum absolute atomic E-state index is 13.7.